The highest BCUT2D eigenvalue weighted by Crippen LogP contribution is 2.22. The molecule has 1 aliphatic rings. The second-order valence-corrected chi connectivity index (χ2v) is 5.31. The minimum Gasteiger partial charge on any atom is -0.508 e. The first-order chi connectivity index (χ1) is 9.81. The Kier molecular flexibility index (Phi) is 3.97. The molecule has 1 aliphatic heterocycles. The summed E-state index contributed by atoms with van der Waals surface area (Å²) in [6.45, 7) is 2.23. The number of phenolic OH excluding ortho intramolecular Hbond substituents is 1. The lowest BCUT2D eigenvalue weighted by molar-refractivity contribution is 0.327. The van der Waals surface area contributed by atoms with Crippen molar-refractivity contribution < 1.29 is 9.63 Å². The Balaban J connectivity index is 1.61. The smallest absolute Gasteiger partial charge is 0.226 e. The zero-order valence-electron chi connectivity index (χ0n) is 11.4. The van der Waals surface area contributed by atoms with E-state index in [1.165, 1.54) is 12.8 Å². The molecule has 2 aromatic rings. The van der Waals surface area contributed by atoms with Crippen LogP contribution >= 0.6 is 0 Å². The van der Waals surface area contributed by atoms with Crippen LogP contribution < -0.4 is 5.32 Å². The van der Waals surface area contributed by atoms with Crippen molar-refractivity contribution in [1.29, 1.82) is 0 Å². The molecule has 0 bridgehead atoms. The molecule has 3 rings (SSSR count). The summed E-state index contributed by atoms with van der Waals surface area (Å²) < 4.78 is 5.29. The first-order valence-electron chi connectivity index (χ1n) is 7.14. The van der Waals surface area contributed by atoms with Crippen molar-refractivity contribution in [2.45, 2.75) is 25.7 Å². The highest BCUT2D eigenvalue weighted by atomic mass is 16.5. The van der Waals surface area contributed by atoms with E-state index >= 15 is 0 Å². The summed E-state index contributed by atoms with van der Waals surface area (Å²) in [6, 6.07) is 6.90. The SMILES string of the molecule is Oc1cccc(-c2noc(CCC3CCCNC3)n2)c1. The normalized spacial score (nSPS) is 19.1. The van der Waals surface area contributed by atoms with Crippen LogP contribution in [0.5, 0.6) is 5.75 Å². The average Bonchev–Trinajstić information content (AvgIpc) is 2.95. The summed E-state index contributed by atoms with van der Waals surface area (Å²) in [5, 5.41) is 16.9. The van der Waals surface area contributed by atoms with E-state index < -0.39 is 0 Å². The lowest BCUT2D eigenvalue weighted by Gasteiger charge is -2.21. The molecule has 1 fully saturated rings. The standard InChI is InChI=1S/C15H19N3O2/c19-13-5-1-4-12(9-13)15-17-14(20-18-15)7-6-11-3-2-8-16-10-11/h1,4-5,9,11,16,19H,2-3,6-8,10H2. The summed E-state index contributed by atoms with van der Waals surface area (Å²) in [5.41, 5.74) is 0.777. The van der Waals surface area contributed by atoms with Crippen LogP contribution in [0.15, 0.2) is 28.8 Å². The first kappa shape index (κ1) is 13.1. The zero-order valence-corrected chi connectivity index (χ0v) is 11.4. The molecule has 20 heavy (non-hydrogen) atoms. The van der Waals surface area contributed by atoms with Crippen molar-refractivity contribution in [2.24, 2.45) is 5.92 Å². The maximum absolute atomic E-state index is 9.46. The van der Waals surface area contributed by atoms with E-state index in [2.05, 4.69) is 15.5 Å². The summed E-state index contributed by atoms with van der Waals surface area (Å²) in [7, 11) is 0. The monoisotopic (exact) mass is 273 g/mol. The number of aromatic hydroxyl groups is 1. The Labute approximate surface area is 118 Å². The number of nitrogens with zero attached hydrogens (tertiary/aromatic N) is 2. The number of hydrogen-bond acceptors (Lipinski definition) is 5. The second kappa shape index (κ2) is 6.05. The number of nitrogens with one attached hydrogen (secondary N) is 1. The van der Waals surface area contributed by atoms with Crippen molar-refractivity contribution in [3.05, 3.63) is 30.2 Å². The van der Waals surface area contributed by atoms with E-state index in [1.807, 2.05) is 6.07 Å². The molecule has 0 amide bonds. The summed E-state index contributed by atoms with van der Waals surface area (Å²) >= 11 is 0. The lowest BCUT2D eigenvalue weighted by Crippen LogP contribution is -2.29. The van der Waals surface area contributed by atoms with Crippen LogP contribution in [-0.4, -0.2) is 28.3 Å². The number of phenols is 1. The van der Waals surface area contributed by atoms with Gasteiger partial charge in [-0.15, -0.1) is 0 Å². The number of aromatic nitrogens is 2. The molecule has 0 spiro atoms. The molecule has 5 nitrogen and oxygen atoms in total. The second-order valence-electron chi connectivity index (χ2n) is 5.31. The van der Waals surface area contributed by atoms with Crippen LogP contribution in [0.2, 0.25) is 0 Å². The molecule has 5 heteroatoms. The fraction of sp³-hybridized carbons (Fsp3) is 0.467. The third kappa shape index (κ3) is 3.17. The van der Waals surface area contributed by atoms with Gasteiger partial charge in [0.05, 0.1) is 0 Å². The molecule has 2 N–H and O–H groups in total. The van der Waals surface area contributed by atoms with Gasteiger partial charge in [0.1, 0.15) is 5.75 Å². The van der Waals surface area contributed by atoms with E-state index in [9.17, 15) is 5.11 Å². The van der Waals surface area contributed by atoms with Crippen LogP contribution in [0.4, 0.5) is 0 Å². The van der Waals surface area contributed by atoms with Gasteiger partial charge in [0, 0.05) is 12.0 Å². The van der Waals surface area contributed by atoms with Gasteiger partial charge in [0.15, 0.2) is 0 Å². The third-order valence-electron chi connectivity index (χ3n) is 3.74. The predicted molar refractivity (Wildman–Crippen MR) is 75.3 cm³/mol. The highest BCUT2D eigenvalue weighted by molar-refractivity contribution is 5.56. The quantitative estimate of drug-likeness (QED) is 0.895. The van der Waals surface area contributed by atoms with Crippen LogP contribution in [0.3, 0.4) is 0 Å². The van der Waals surface area contributed by atoms with E-state index in [1.54, 1.807) is 18.2 Å². The van der Waals surface area contributed by atoms with Gasteiger partial charge in [-0.25, -0.2) is 0 Å². The maximum atomic E-state index is 9.46. The van der Waals surface area contributed by atoms with Crippen molar-refractivity contribution in [3.63, 3.8) is 0 Å². The van der Waals surface area contributed by atoms with Gasteiger partial charge < -0.3 is 14.9 Å². The minimum absolute atomic E-state index is 0.210. The molecule has 0 radical (unpaired) electrons. The minimum atomic E-state index is 0.210. The van der Waals surface area contributed by atoms with Crippen LogP contribution in [0.1, 0.15) is 25.2 Å². The van der Waals surface area contributed by atoms with Crippen molar-refractivity contribution in [2.75, 3.05) is 13.1 Å². The Morgan fingerprint density at radius 3 is 3.15 bits per heavy atom. The maximum Gasteiger partial charge on any atom is 0.226 e. The Morgan fingerprint density at radius 1 is 1.40 bits per heavy atom. The van der Waals surface area contributed by atoms with Crippen molar-refractivity contribution in [1.82, 2.24) is 15.5 Å². The molecule has 0 aliphatic carbocycles. The highest BCUT2D eigenvalue weighted by Gasteiger charge is 2.15. The van der Waals surface area contributed by atoms with Gasteiger partial charge in [0.25, 0.3) is 0 Å². The van der Waals surface area contributed by atoms with Gasteiger partial charge in [-0.3, -0.25) is 0 Å². The van der Waals surface area contributed by atoms with Gasteiger partial charge >= 0.3 is 0 Å². The fourth-order valence-corrected chi connectivity index (χ4v) is 2.62. The fourth-order valence-electron chi connectivity index (χ4n) is 2.62. The Hall–Kier alpha value is -1.88. The summed E-state index contributed by atoms with van der Waals surface area (Å²) in [6.07, 6.45) is 4.43. The Bertz CT molecular complexity index is 562. The average molecular weight is 273 g/mol. The van der Waals surface area contributed by atoms with E-state index in [-0.39, 0.29) is 5.75 Å². The van der Waals surface area contributed by atoms with Crippen LogP contribution in [-0.2, 0) is 6.42 Å². The van der Waals surface area contributed by atoms with E-state index in [0.29, 0.717) is 17.6 Å². The van der Waals surface area contributed by atoms with Gasteiger partial charge in [-0.1, -0.05) is 17.3 Å². The van der Waals surface area contributed by atoms with Crippen LogP contribution in [0, 0.1) is 5.92 Å². The molecular formula is C15H19N3O2. The molecule has 1 unspecified atom stereocenters. The topological polar surface area (TPSA) is 71.2 Å². The molecule has 106 valence electrons. The van der Waals surface area contributed by atoms with Gasteiger partial charge in [-0.2, -0.15) is 4.98 Å². The molecule has 1 aromatic carbocycles. The van der Waals surface area contributed by atoms with Gasteiger partial charge in [0.2, 0.25) is 11.7 Å². The van der Waals surface area contributed by atoms with E-state index in [0.717, 1.165) is 31.5 Å². The largest absolute Gasteiger partial charge is 0.508 e. The predicted octanol–water partition coefficient (Wildman–Crippen LogP) is 2.37. The number of hydrogen-bond donors (Lipinski definition) is 2. The summed E-state index contributed by atoms with van der Waals surface area (Å²) in [5.74, 6) is 2.13. The molecule has 1 atom stereocenters. The van der Waals surface area contributed by atoms with E-state index in [4.69, 9.17) is 4.52 Å². The Morgan fingerprint density at radius 2 is 2.35 bits per heavy atom. The molecule has 1 saturated heterocycles. The molecule has 2 heterocycles. The number of piperidine rings is 1. The number of benzene rings is 1. The van der Waals surface area contributed by atoms with Crippen molar-refractivity contribution >= 4 is 0 Å². The molecular weight excluding hydrogens is 254 g/mol. The molecule has 1 aromatic heterocycles. The number of aryl methyl sites for hydroxylation is 1. The third-order valence-corrected chi connectivity index (χ3v) is 3.74. The zero-order chi connectivity index (χ0) is 13.8. The molecule has 0 saturated carbocycles. The van der Waals surface area contributed by atoms with Gasteiger partial charge in [-0.05, 0) is 50.4 Å². The summed E-state index contributed by atoms with van der Waals surface area (Å²) in [4.78, 5) is 4.40. The van der Waals surface area contributed by atoms with Crippen LogP contribution in [0.25, 0.3) is 11.4 Å². The number of rotatable bonds is 4. The lowest BCUT2D eigenvalue weighted by atomic mass is 9.95. The first-order valence-corrected chi connectivity index (χ1v) is 7.14. The van der Waals surface area contributed by atoms with Crippen molar-refractivity contribution in [3.8, 4) is 17.1 Å².